The zero-order valence-electron chi connectivity index (χ0n) is 20.0. The van der Waals surface area contributed by atoms with Gasteiger partial charge in [-0.2, -0.15) is 0 Å². The highest BCUT2D eigenvalue weighted by Gasteiger charge is 2.51. The lowest BCUT2D eigenvalue weighted by Crippen LogP contribution is -2.49. The second-order valence-electron chi connectivity index (χ2n) is 10.2. The molecule has 1 aromatic carbocycles. The number of hydrogen-bond acceptors (Lipinski definition) is 7. The highest BCUT2D eigenvalue weighted by molar-refractivity contribution is 7.90. The third-order valence-electron chi connectivity index (χ3n) is 7.06. The monoisotopic (exact) mass is 499 g/mol. The number of methoxy groups -OCH3 is 1. The predicted molar refractivity (Wildman–Crippen MR) is 137 cm³/mol. The van der Waals surface area contributed by atoms with Crippen molar-refractivity contribution in [2.75, 3.05) is 25.1 Å². The fourth-order valence-electron chi connectivity index (χ4n) is 5.16. The number of halogens is 1. The number of nitrogens with one attached hydrogen (secondary N) is 1. The SMILES string of the molecule is COc1cccc2c1CC1(CCN(c3cnc4nc(Cl)ccc4n3)CC1)[C@@H]2N[S@+]([O-])C(C)(C)C. The molecular formula is C25H30ClN5O2S. The maximum absolute atomic E-state index is 13.2. The van der Waals surface area contributed by atoms with Crippen LogP contribution in [0.4, 0.5) is 5.82 Å². The van der Waals surface area contributed by atoms with Crippen molar-refractivity contribution in [1.82, 2.24) is 19.7 Å². The van der Waals surface area contributed by atoms with Gasteiger partial charge >= 0.3 is 0 Å². The van der Waals surface area contributed by atoms with Gasteiger partial charge in [0.1, 0.15) is 27.0 Å². The number of nitrogens with zero attached hydrogens (tertiary/aromatic N) is 4. The van der Waals surface area contributed by atoms with Crippen molar-refractivity contribution in [1.29, 1.82) is 0 Å². The molecule has 1 fully saturated rings. The van der Waals surface area contributed by atoms with Gasteiger partial charge in [-0.1, -0.05) is 23.7 Å². The van der Waals surface area contributed by atoms with Gasteiger partial charge in [-0.15, -0.1) is 4.72 Å². The molecule has 0 bridgehead atoms. The van der Waals surface area contributed by atoms with Crippen LogP contribution in [0.5, 0.6) is 5.75 Å². The van der Waals surface area contributed by atoms with Crippen molar-refractivity contribution in [2.24, 2.45) is 5.41 Å². The van der Waals surface area contributed by atoms with E-state index in [0.29, 0.717) is 10.8 Å². The summed E-state index contributed by atoms with van der Waals surface area (Å²) in [6.07, 6.45) is 4.58. The minimum Gasteiger partial charge on any atom is -0.598 e. The molecule has 2 atom stereocenters. The Labute approximate surface area is 208 Å². The zero-order chi connectivity index (χ0) is 24.1. The average molecular weight is 500 g/mol. The van der Waals surface area contributed by atoms with E-state index in [-0.39, 0.29) is 16.2 Å². The number of rotatable bonds is 4. The largest absolute Gasteiger partial charge is 0.598 e. The first-order valence-corrected chi connectivity index (χ1v) is 13.1. The standard InChI is InChI=1S/C25H30ClN5O2S/c1-24(2,3)34(32)30-22-16-6-5-7-19(33-4)17(16)14-25(22)10-12-31(13-11-25)21-15-27-23-18(28-21)8-9-20(26)29-23/h5-9,15,22,30H,10-14H2,1-4H3/t22-,34-/m1/s1. The van der Waals surface area contributed by atoms with Crippen LogP contribution in [0.2, 0.25) is 5.15 Å². The fourth-order valence-corrected chi connectivity index (χ4v) is 6.25. The summed E-state index contributed by atoms with van der Waals surface area (Å²) in [6, 6.07) is 9.81. The van der Waals surface area contributed by atoms with E-state index in [1.54, 1.807) is 19.4 Å². The molecular weight excluding hydrogens is 470 g/mol. The molecule has 3 aromatic rings. The Morgan fingerprint density at radius 1 is 1.18 bits per heavy atom. The summed E-state index contributed by atoms with van der Waals surface area (Å²) in [6.45, 7) is 7.71. The molecule has 0 unspecified atom stereocenters. The first-order valence-electron chi connectivity index (χ1n) is 11.6. The smallest absolute Gasteiger partial charge is 0.179 e. The molecule has 1 aliphatic heterocycles. The lowest BCUT2D eigenvalue weighted by molar-refractivity contribution is 0.175. The van der Waals surface area contributed by atoms with Crippen LogP contribution in [0, 0.1) is 5.41 Å². The van der Waals surface area contributed by atoms with Crippen LogP contribution in [0.15, 0.2) is 36.5 Å². The topological polar surface area (TPSA) is 86.2 Å². The number of hydrogen-bond donors (Lipinski definition) is 1. The van der Waals surface area contributed by atoms with Crippen LogP contribution < -0.4 is 14.4 Å². The van der Waals surface area contributed by atoms with E-state index < -0.39 is 11.4 Å². The van der Waals surface area contributed by atoms with Crippen molar-refractivity contribution >= 4 is 39.9 Å². The third-order valence-corrected chi connectivity index (χ3v) is 8.84. The first-order chi connectivity index (χ1) is 16.2. The van der Waals surface area contributed by atoms with E-state index in [1.165, 1.54) is 11.1 Å². The van der Waals surface area contributed by atoms with Gasteiger partial charge in [0.05, 0.1) is 19.3 Å². The van der Waals surface area contributed by atoms with E-state index in [4.69, 9.17) is 21.3 Å². The van der Waals surface area contributed by atoms with Crippen molar-refractivity contribution in [3.63, 3.8) is 0 Å². The normalized spacial score (nSPS) is 20.5. The molecule has 5 rings (SSSR count). The molecule has 1 N–H and O–H groups in total. The molecule has 9 heteroatoms. The van der Waals surface area contributed by atoms with E-state index in [2.05, 4.69) is 25.7 Å². The highest BCUT2D eigenvalue weighted by Crippen LogP contribution is 2.54. The summed E-state index contributed by atoms with van der Waals surface area (Å²) in [4.78, 5) is 15.8. The van der Waals surface area contributed by atoms with E-state index in [9.17, 15) is 4.55 Å². The van der Waals surface area contributed by atoms with Gasteiger partial charge in [-0.25, -0.2) is 15.0 Å². The molecule has 7 nitrogen and oxygen atoms in total. The second-order valence-corrected chi connectivity index (χ2v) is 12.6. The number of aromatic nitrogens is 3. The van der Waals surface area contributed by atoms with Crippen molar-refractivity contribution in [3.8, 4) is 5.75 Å². The van der Waals surface area contributed by atoms with Gasteiger partial charge in [0, 0.05) is 29.9 Å². The second kappa shape index (κ2) is 8.82. The lowest BCUT2D eigenvalue weighted by atomic mass is 9.73. The summed E-state index contributed by atoms with van der Waals surface area (Å²) < 4.78 is 22.0. The number of benzene rings is 1. The molecule has 1 spiro atoms. The molecule has 2 aromatic heterocycles. The van der Waals surface area contributed by atoms with E-state index in [0.717, 1.165) is 49.4 Å². The fraction of sp³-hybridized carbons (Fsp3) is 0.480. The third kappa shape index (κ3) is 4.21. The summed E-state index contributed by atoms with van der Waals surface area (Å²) in [5, 5.41) is 0.414. The molecule has 180 valence electrons. The van der Waals surface area contributed by atoms with Crippen LogP contribution in [0.25, 0.3) is 11.2 Å². The van der Waals surface area contributed by atoms with Gasteiger partial charge in [0.2, 0.25) is 0 Å². The number of pyridine rings is 1. The van der Waals surface area contributed by atoms with Gasteiger partial charge in [-0.3, -0.25) is 0 Å². The lowest BCUT2D eigenvalue weighted by Gasteiger charge is -2.44. The number of ether oxygens (including phenoxy) is 1. The van der Waals surface area contributed by atoms with Gasteiger partial charge in [0.15, 0.2) is 5.65 Å². The Morgan fingerprint density at radius 3 is 2.65 bits per heavy atom. The number of piperidine rings is 1. The average Bonchev–Trinajstić information content (AvgIpc) is 3.11. The Morgan fingerprint density at radius 2 is 1.94 bits per heavy atom. The Hall–Kier alpha value is -2.13. The summed E-state index contributed by atoms with van der Waals surface area (Å²) in [5.41, 5.74) is 3.69. The van der Waals surface area contributed by atoms with Crippen molar-refractivity contribution in [2.45, 2.75) is 50.8 Å². The van der Waals surface area contributed by atoms with E-state index >= 15 is 0 Å². The van der Waals surface area contributed by atoms with Gasteiger partial charge in [0.25, 0.3) is 0 Å². The van der Waals surface area contributed by atoms with Gasteiger partial charge < -0.3 is 14.2 Å². The summed E-state index contributed by atoms with van der Waals surface area (Å²) in [7, 11) is 1.72. The number of anilines is 1. The molecule has 0 saturated carbocycles. The van der Waals surface area contributed by atoms with Crippen LogP contribution in [-0.2, 0) is 17.8 Å². The predicted octanol–water partition coefficient (Wildman–Crippen LogP) is 4.62. The minimum absolute atomic E-state index is 0.00818. The first kappa shape index (κ1) is 23.6. The molecule has 34 heavy (non-hydrogen) atoms. The van der Waals surface area contributed by atoms with Crippen LogP contribution in [0.3, 0.4) is 0 Å². The maximum Gasteiger partial charge on any atom is 0.179 e. The van der Waals surface area contributed by atoms with Crippen LogP contribution >= 0.6 is 11.6 Å². The molecule has 0 amide bonds. The van der Waals surface area contributed by atoms with Crippen LogP contribution in [-0.4, -0.2) is 44.5 Å². The summed E-state index contributed by atoms with van der Waals surface area (Å²) >= 11 is 4.81. The Balaban J connectivity index is 1.42. The molecule has 2 aliphatic rings. The molecule has 1 aliphatic carbocycles. The quantitative estimate of drug-likeness (QED) is 0.414. The summed E-state index contributed by atoms with van der Waals surface area (Å²) in [5.74, 6) is 1.76. The highest BCUT2D eigenvalue weighted by atomic mass is 35.5. The van der Waals surface area contributed by atoms with Crippen LogP contribution in [0.1, 0.15) is 50.8 Å². The molecule has 3 heterocycles. The minimum atomic E-state index is -1.18. The zero-order valence-corrected chi connectivity index (χ0v) is 21.5. The molecule has 0 radical (unpaired) electrons. The Bertz CT molecular complexity index is 1210. The Kier molecular flexibility index (Phi) is 6.13. The van der Waals surface area contributed by atoms with Gasteiger partial charge in [-0.05, 0) is 69.4 Å². The van der Waals surface area contributed by atoms with Crippen molar-refractivity contribution < 1.29 is 9.29 Å². The van der Waals surface area contributed by atoms with Crippen molar-refractivity contribution in [3.05, 3.63) is 52.8 Å². The number of fused-ring (bicyclic) bond motifs is 2. The molecule has 1 saturated heterocycles. The maximum atomic E-state index is 13.2. The van der Waals surface area contributed by atoms with E-state index in [1.807, 2.05) is 39.0 Å².